The molecule has 0 aromatic carbocycles. The topological polar surface area (TPSA) is 102 Å². The molecular formula is C18H16N6O2. The predicted molar refractivity (Wildman–Crippen MR) is 93.9 cm³/mol. The van der Waals surface area contributed by atoms with Gasteiger partial charge >= 0.3 is 0 Å². The number of amides is 1. The van der Waals surface area contributed by atoms with Crippen molar-refractivity contribution in [2.45, 2.75) is 6.54 Å². The first-order chi connectivity index (χ1) is 12.7. The maximum absolute atomic E-state index is 12.3. The molecule has 4 heterocycles. The van der Waals surface area contributed by atoms with E-state index < -0.39 is 0 Å². The van der Waals surface area contributed by atoms with Gasteiger partial charge in [0.2, 0.25) is 0 Å². The molecule has 1 amide bonds. The van der Waals surface area contributed by atoms with E-state index in [9.17, 15) is 4.79 Å². The Labute approximate surface area is 148 Å². The summed E-state index contributed by atoms with van der Waals surface area (Å²) in [5.74, 6) is 0.357. The van der Waals surface area contributed by atoms with Gasteiger partial charge in [0.25, 0.3) is 5.91 Å². The normalized spacial score (nSPS) is 10.8. The van der Waals surface area contributed by atoms with Gasteiger partial charge in [0.15, 0.2) is 11.5 Å². The number of aryl methyl sites for hydroxylation is 1. The molecule has 0 saturated heterocycles. The van der Waals surface area contributed by atoms with Crippen LogP contribution in [0.5, 0.6) is 0 Å². The highest BCUT2D eigenvalue weighted by atomic mass is 16.3. The number of carbonyl (C=O) groups is 1. The van der Waals surface area contributed by atoms with Gasteiger partial charge in [-0.1, -0.05) is 0 Å². The molecule has 4 rings (SSSR count). The average Bonchev–Trinajstić information content (AvgIpc) is 3.40. The van der Waals surface area contributed by atoms with E-state index in [4.69, 9.17) is 4.42 Å². The minimum atomic E-state index is -0.272. The molecule has 0 aliphatic carbocycles. The van der Waals surface area contributed by atoms with Crippen LogP contribution < -0.4 is 5.32 Å². The lowest BCUT2D eigenvalue weighted by Gasteiger charge is -2.05. The molecule has 26 heavy (non-hydrogen) atoms. The summed E-state index contributed by atoms with van der Waals surface area (Å²) in [6.45, 7) is 0.350. The Hall–Kier alpha value is -3.68. The van der Waals surface area contributed by atoms with E-state index in [1.807, 2.05) is 19.3 Å². The second-order valence-corrected chi connectivity index (χ2v) is 5.81. The van der Waals surface area contributed by atoms with E-state index in [-0.39, 0.29) is 5.91 Å². The van der Waals surface area contributed by atoms with E-state index in [1.54, 1.807) is 47.7 Å². The minimum absolute atomic E-state index is 0.272. The van der Waals surface area contributed by atoms with E-state index in [0.29, 0.717) is 23.7 Å². The van der Waals surface area contributed by atoms with Crippen LogP contribution in [-0.2, 0) is 13.6 Å². The van der Waals surface area contributed by atoms with Gasteiger partial charge in [-0.25, -0.2) is 0 Å². The van der Waals surface area contributed by atoms with Crippen molar-refractivity contribution < 1.29 is 9.21 Å². The Bertz CT molecular complexity index is 1030. The third-order valence-electron chi connectivity index (χ3n) is 3.88. The highest BCUT2D eigenvalue weighted by Crippen LogP contribution is 2.19. The lowest BCUT2D eigenvalue weighted by atomic mass is 10.1. The van der Waals surface area contributed by atoms with Crippen molar-refractivity contribution >= 4 is 5.91 Å². The molecule has 130 valence electrons. The molecule has 0 radical (unpaired) electrons. The molecule has 0 aliphatic heterocycles. The first kappa shape index (κ1) is 15.8. The highest BCUT2D eigenvalue weighted by Gasteiger charge is 2.12. The quantitative estimate of drug-likeness (QED) is 0.577. The second kappa shape index (κ2) is 6.67. The molecular weight excluding hydrogens is 332 g/mol. The molecule has 4 aromatic rings. The van der Waals surface area contributed by atoms with Crippen molar-refractivity contribution in [3.05, 3.63) is 66.6 Å². The Kier molecular flexibility index (Phi) is 4.06. The standard InChI is InChI=1S/C18H16N6O2/c1-24-11-14(10-21-24)13-5-12(7-19-9-13)8-20-18(25)16-6-15(22-23-16)17-3-2-4-26-17/h2-7,9-11H,8H2,1H3,(H,20,25)(H,22,23). The van der Waals surface area contributed by atoms with Crippen LogP contribution in [0.15, 0.2) is 59.7 Å². The number of nitrogens with zero attached hydrogens (tertiary/aromatic N) is 4. The Morgan fingerprint density at radius 3 is 2.96 bits per heavy atom. The van der Waals surface area contributed by atoms with Crippen molar-refractivity contribution in [1.29, 1.82) is 0 Å². The SMILES string of the molecule is Cn1cc(-c2cncc(CNC(=O)c3cc(-c4ccco4)[nH]n3)c2)cn1. The predicted octanol–water partition coefficient (Wildman–Crippen LogP) is 2.40. The number of rotatable bonds is 5. The molecule has 0 atom stereocenters. The van der Waals surface area contributed by atoms with Crippen LogP contribution in [0.4, 0.5) is 0 Å². The molecule has 8 nitrogen and oxygen atoms in total. The number of pyridine rings is 1. The molecule has 4 aromatic heterocycles. The van der Waals surface area contributed by atoms with Crippen LogP contribution in [0.25, 0.3) is 22.6 Å². The summed E-state index contributed by atoms with van der Waals surface area (Å²) in [6.07, 6.45) is 8.75. The zero-order valence-electron chi connectivity index (χ0n) is 14.0. The van der Waals surface area contributed by atoms with Crippen LogP contribution in [0.1, 0.15) is 16.1 Å². The van der Waals surface area contributed by atoms with Gasteiger partial charge in [-0.3, -0.25) is 19.6 Å². The summed E-state index contributed by atoms with van der Waals surface area (Å²) in [7, 11) is 1.86. The molecule has 2 N–H and O–H groups in total. The Balaban J connectivity index is 1.43. The summed E-state index contributed by atoms with van der Waals surface area (Å²) in [6, 6.07) is 7.20. The van der Waals surface area contributed by atoms with Gasteiger partial charge < -0.3 is 9.73 Å². The summed E-state index contributed by atoms with van der Waals surface area (Å²) >= 11 is 0. The minimum Gasteiger partial charge on any atom is -0.463 e. The van der Waals surface area contributed by atoms with Crippen molar-refractivity contribution in [2.24, 2.45) is 7.05 Å². The van der Waals surface area contributed by atoms with Crippen LogP contribution in [0.3, 0.4) is 0 Å². The zero-order chi connectivity index (χ0) is 17.9. The first-order valence-corrected chi connectivity index (χ1v) is 7.99. The summed E-state index contributed by atoms with van der Waals surface area (Å²) in [5, 5.41) is 13.8. The fourth-order valence-electron chi connectivity index (χ4n) is 2.58. The number of hydrogen-bond donors (Lipinski definition) is 2. The van der Waals surface area contributed by atoms with Crippen molar-refractivity contribution in [1.82, 2.24) is 30.3 Å². The number of H-pyrrole nitrogens is 1. The van der Waals surface area contributed by atoms with Gasteiger partial charge in [-0.05, 0) is 23.8 Å². The van der Waals surface area contributed by atoms with Crippen LogP contribution in [0.2, 0.25) is 0 Å². The van der Waals surface area contributed by atoms with Gasteiger partial charge in [-0.2, -0.15) is 10.2 Å². The highest BCUT2D eigenvalue weighted by molar-refractivity contribution is 5.93. The summed E-state index contributed by atoms with van der Waals surface area (Å²) in [4.78, 5) is 16.5. The van der Waals surface area contributed by atoms with E-state index in [1.165, 1.54) is 0 Å². The second-order valence-electron chi connectivity index (χ2n) is 5.81. The Morgan fingerprint density at radius 1 is 1.27 bits per heavy atom. The van der Waals surface area contributed by atoms with E-state index in [0.717, 1.165) is 16.7 Å². The number of hydrogen-bond acceptors (Lipinski definition) is 5. The lowest BCUT2D eigenvalue weighted by molar-refractivity contribution is 0.0946. The van der Waals surface area contributed by atoms with E-state index >= 15 is 0 Å². The van der Waals surface area contributed by atoms with Crippen LogP contribution in [0, 0.1) is 0 Å². The zero-order valence-corrected chi connectivity index (χ0v) is 14.0. The maximum Gasteiger partial charge on any atom is 0.272 e. The molecule has 0 saturated carbocycles. The third kappa shape index (κ3) is 3.25. The number of aromatic amines is 1. The molecule has 0 unspecified atom stereocenters. The molecule has 8 heteroatoms. The van der Waals surface area contributed by atoms with Gasteiger partial charge in [0.05, 0.1) is 12.5 Å². The summed E-state index contributed by atoms with van der Waals surface area (Å²) < 4.78 is 7.01. The van der Waals surface area contributed by atoms with Gasteiger partial charge in [0.1, 0.15) is 5.69 Å². The monoisotopic (exact) mass is 348 g/mol. The fourth-order valence-corrected chi connectivity index (χ4v) is 2.58. The van der Waals surface area contributed by atoms with Gasteiger partial charge in [-0.15, -0.1) is 0 Å². The van der Waals surface area contributed by atoms with Crippen LogP contribution >= 0.6 is 0 Å². The number of nitrogens with one attached hydrogen (secondary N) is 2. The molecule has 0 fully saturated rings. The van der Waals surface area contributed by atoms with Crippen molar-refractivity contribution in [3.8, 4) is 22.6 Å². The summed E-state index contributed by atoms with van der Waals surface area (Å²) in [5.41, 5.74) is 3.77. The van der Waals surface area contributed by atoms with E-state index in [2.05, 4.69) is 25.6 Å². The number of furan rings is 1. The van der Waals surface area contributed by atoms with Crippen molar-refractivity contribution in [3.63, 3.8) is 0 Å². The maximum atomic E-state index is 12.3. The molecule has 0 aliphatic rings. The molecule has 0 spiro atoms. The molecule has 0 bridgehead atoms. The van der Waals surface area contributed by atoms with Crippen molar-refractivity contribution in [2.75, 3.05) is 0 Å². The number of carbonyl (C=O) groups excluding carboxylic acids is 1. The Morgan fingerprint density at radius 2 is 2.19 bits per heavy atom. The largest absolute Gasteiger partial charge is 0.463 e. The lowest BCUT2D eigenvalue weighted by Crippen LogP contribution is -2.23. The smallest absolute Gasteiger partial charge is 0.272 e. The number of aromatic nitrogens is 5. The first-order valence-electron chi connectivity index (χ1n) is 7.99. The van der Waals surface area contributed by atoms with Gasteiger partial charge in [0, 0.05) is 49.4 Å². The third-order valence-corrected chi connectivity index (χ3v) is 3.88. The average molecular weight is 348 g/mol. The van der Waals surface area contributed by atoms with Crippen LogP contribution in [-0.4, -0.2) is 30.9 Å². The fraction of sp³-hybridized carbons (Fsp3) is 0.111.